The number of hydrogen-bond donors (Lipinski definition) is 1. The number of thioether (sulfide) groups is 1. The molecule has 0 saturated heterocycles. The molecule has 32 heavy (non-hydrogen) atoms. The van der Waals surface area contributed by atoms with E-state index in [0.29, 0.717) is 24.1 Å². The highest BCUT2D eigenvalue weighted by atomic mass is 32.2. The maximum absolute atomic E-state index is 11.2. The summed E-state index contributed by atoms with van der Waals surface area (Å²) in [6.07, 6.45) is 0. The molecule has 4 rings (SSSR count). The second kappa shape index (κ2) is 9.65. The van der Waals surface area contributed by atoms with Gasteiger partial charge in [0.25, 0.3) is 0 Å². The first kappa shape index (κ1) is 21.6. The molecule has 0 aliphatic heterocycles. The summed E-state index contributed by atoms with van der Waals surface area (Å²) in [5, 5.41) is 20.5. The molecule has 0 aliphatic rings. The second-order valence-corrected chi connectivity index (χ2v) is 7.77. The van der Waals surface area contributed by atoms with Gasteiger partial charge in [-0.15, -0.1) is 20.4 Å². The van der Waals surface area contributed by atoms with E-state index < -0.39 is 0 Å². The van der Waals surface area contributed by atoms with Crippen LogP contribution in [-0.2, 0) is 17.1 Å². The highest BCUT2D eigenvalue weighted by Crippen LogP contribution is 2.28. The van der Waals surface area contributed by atoms with Crippen molar-refractivity contribution in [3.63, 3.8) is 0 Å². The van der Waals surface area contributed by atoms with E-state index in [4.69, 9.17) is 9.15 Å². The zero-order chi connectivity index (χ0) is 22.5. The van der Waals surface area contributed by atoms with Crippen LogP contribution in [-0.4, -0.2) is 38.0 Å². The SMILES string of the molecule is CCn1c(SCc2nnc(-c3cccc(OC)c3)o2)nnc1-c1ccc(NC(C)=O)cc1. The van der Waals surface area contributed by atoms with Gasteiger partial charge in [0.05, 0.1) is 12.9 Å². The fraction of sp³-hybridized carbons (Fsp3) is 0.227. The van der Waals surface area contributed by atoms with Crippen molar-refractivity contribution in [1.29, 1.82) is 0 Å². The van der Waals surface area contributed by atoms with E-state index >= 15 is 0 Å². The third-order valence-corrected chi connectivity index (χ3v) is 5.56. The number of nitrogens with one attached hydrogen (secondary N) is 1. The molecule has 9 nitrogen and oxygen atoms in total. The quantitative estimate of drug-likeness (QED) is 0.397. The Morgan fingerprint density at radius 1 is 1.09 bits per heavy atom. The molecule has 0 unspecified atom stereocenters. The summed E-state index contributed by atoms with van der Waals surface area (Å²) < 4.78 is 13.1. The predicted molar refractivity (Wildman–Crippen MR) is 121 cm³/mol. The van der Waals surface area contributed by atoms with Crippen molar-refractivity contribution in [1.82, 2.24) is 25.0 Å². The molecule has 1 N–H and O–H groups in total. The minimum Gasteiger partial charge on any atom is -0.497 e. The lowest BCUT2D eigenvalue weighted by atomic mass is 10.2. The van der Waals surface area contributed by atoms with E-state index in [1.807, 2.05) is 60.0 Å². The molecule has 0 spiro atoms. The van der Waals surface area contributed by atoms with Crippen LogP contribution in [0, 0.1) is 0 Å². The molecular formula is C22H22N6O3S. The van der Waals surface area contributed by atoms with E-state index in [1.165, 1.54) is 18.7 Å². The average Bonchev–Trinajstić information content (AvgIpc) is 3.44. The van der Waals surface area contributed by atoms with Crippen LogP contribution >= 0.6 is 11.8 Å². The predicted octanol–water partition coefficient (Wildman–Crippen LogP) is 4.27. The number of benzene rings is 2. The summed E-state index contributed by atoms with van der Waals surface area (Å²) in [5.74, 6) is 2.79. The number of anilines is 1. The lowest BCUT2D eigenvalue weighted by Gasteiger charge is -2.08. The molecule has 0 bridgehead atoms. The number of carbonyl (C=O) groups excluding carboxylic acids is 1. The van der Waals surface area contributed by atoms with Gasteiger partial charge in [-0.1, -0.05) is 17.8 Å². The van der Waals surface area contributed by atoms with Crippen molar-refractivity contribution in [3.8, 4) is 28.6 Å². The van der Waals surface area contributed by atoms with Gasteiger partial charge < -0.3 is 19.0 Å². The first-order chi connectivity index (χ1) is 15.6. The number of methoxy groups -OCH3 is 1. The van der Waals surface area contributed by atoms with Crippen molar-refractivity contribution >= 4 is 23.4 Å². The van der Waals surface area contributed by atoms with Crippen LogP contribution in [0.15, 0.2) is 58.1 Å². The van der Waals surface area contributed by atoms with Gasteiger partial charge in [-0.3, -0.25) is 4.79 Å². The van der Waals surface area contributed by atoms with Crippen LogP contribution in [0.25, 0.3) is 22.8 Å². The third-order valence-electron chi connectivity index (χ3n) is 4.60. The first-order valence-electron chi connectivity index (χ1n) is 9.98. The van der Waals surface area contributed by atoms with Gasteiger partial charge in [-0.05, 0) is 49.4 Å². The molecule has 2 heterocycles. The summed E-state index contributed by atoms with van der Waals surface area (Å²) >= 11 is 1.48. The number of amides is 1. The zero-order valence-corrected chi connectivity index (χ0v) is 18.7. The van der Waals surface area contributed by atoms with Crippen LogP contribution < -0.4 is 10.1 Å². The van der Waals surface area contributed by atoms with E-state index in [0.717, 1.165) is 33.5 Å². The minimum absolute atomic E-state index is 0.108. The third kappa shape index (κ3) is 4.80. The smallest absolute Gasteiger partial charge is 0.247 e. The van der Waals surface area contributed by atoms with Crippen molar-refractivity contribution in [3.05, 3.63) is 54.4 Å². The normalized spacial score (nSPS) is 10.8. The summed E-state index contributed by atoms with van der Waals surface area (Å²) in [6.45, 7) is 4.22. The number of ether oxygens (including phenoxy) is 1. The molecule has 0 radical (unpaired) electrons. The fourth-order valence-corrected chi connectivity index (χ4v) is 3.95. The summed E-state index contributed by atoms with van der Waals surface area (Å²) in [7, 11) is 1.62. The molecule has 10 heteroatoms. The molecule has 0 fully saturated rings. The number of aromatic nitrogens is 5. The molecule has 0 atom stereocenters. The van der Waals surface area contributed by atoms with Gasteiger partial charge >= 0.3 is 0 Å². The van der Waals surface area contributed by atoms with Gasteiger partial charge in [0.2, 0.25) is 17.7 Å². The number of nitrogens with zero attached hydrogens (tertiary/aromatic N) is 5. The van der Waals surface area contributed by atoms with Crippen molar-refractivity contribution in [2.75, 3.05) is 12.4 Å². The summed E-state index contributed by atoms with van der Waals surface area (Å²) in [5.41, 5.74) is 2.45. The first-order valence-corrected chi connectivity index (χ1v) is 11.0. The molecule has 164 valence electrons. The number of rotatable bonds is 8. The average molecular weight is 451 g/mol. The second-order valence-electron chi connectivity index (χ2n) is 6.83. The van der Waals surface area contributed by atoms with Gasteiger partial charge in [0, 0.05) is 30.3 Å². The highest BCUT2D eigenvalue weighted by Gasteiger charge is 2.16. The topological polar surface area (TPSA) is 108 Å². The Labute approximate surface area is 189 Å². The number of hydrogen-bond acceptors (Lipinski definition) is 8. The van der Waals surface area contributed by atoms with E-state index in [1.54, 1.807) is 7.11 Å². The zero-order valence-electron chi connectivity index (χ0n) is 17.9. The van der Waals surface area contributed by atoms with Crippen LogP contribution in [0.3, 0.4) is 0 Å². The Balaban J connectivity index is 1.47. The maximum atomic E-state index is 11.2. The fourth-order valence-electron chi connectivity index (χ4n) is 3.11. The van der Waals surface area contributed by atoms with E-state index in [2.05, 4.69) is 25.7 Å². The van der Waals surface area contributed by atoms with Crippen LogP contribution in [0.4, 0.5) is 5.69 Å². The Morgan fingerprint density at radius 3 is 2.62 bits per heavy atom. The Kier molecular flexibility index (Phi) is 6.50. The molecule has 2 aromatic heterocycles. The Bertz CT molecular complexity index is 1220. The summed E-state index contributed by atoms with van der Waals surface area (Å²) in [4.78, 5) is 11.2. The standard InChI is InChI=1S/C22H22N6O3S/c1-4-28-20(15-8-10-17(11-9-15)23-14(2)29)25-27-22(28)32-13-19-24-26-21(31-19)16-6-5-7-18(12-16)30-3/h5-12H,4,13H2,1-3H3,(H,23,29). The van der Waals surface area contributed by atoms with E-state index in [-0.39, 0.29) is 5.91 Å². The van der Waals surface area contributed by atoms with Gasteiger partial charge in [-0.2, -0.15) is 0 Å². The molecule has 4 aromatic rings. The largest absolute Gasteiger partial charge is 0.497 e. The van der Waals surface area contributed by atoms with Crippen molar-refractivity contribution in [2.45, 2.75) is 31.3 Å². The molecule has 2 aromatic carbocycles. The molecule has 1 amide bonds. The Morgan fingerprint density at radius 2 is 1.91 bits per heavy atom. The maximum Gasteiger partial charge on any atom is 0.247 e. The molecule has 0 saturated carbocycles. The summed E-state index contributed by atoms with van der Waals surface area (Å²) in [6, 6.07) is 15.0. The van der Waals surface area contributed by atoms with Crippen LogP contribution in [0.1, 0.15) is 19.7 Å². The van der Waals surface area contributed by atoms with Crippen LogP contribution in [0.2, 0.25) is 0 Å². The lowest BCUT2D eigenvalue weighted by Crippen LogP contribution is -2.05. The van der Waals surface area contributed by atoms with Gasteiger partial charge in [-0.25, -0.2) is 0 Å². The van der Waals surface area contributed by atoms with Crippen molar-refractivity contribution in [2.24, 2.45) is 0 Å². The van der Waals surface area contributed by atoms with Crippen molar-refractivity contribution < 1.29 is 13.9 Å². The highest BCUT2D eigenvalue weighted by molar-refractivity contribution is 7.98. The lowest BCUT2D eigenvalue weighted by molar-refractivity contribution is -0.114. The molecular weight excluding hydrogens is 428 g/mol. The molecule has 0 aliphatic carbocycles. The van der Waals surface area contributed by atoms with E-state index in [9.17, 15) is 4.79 Å². The Hall–Kier alpha value is -3.66. The van der Waals surface area contributed by atoms with Gasteiger partial charge in [0.1, 0.15) is 5.75 Å². The monoisotopic (exact) mass is 450 g/mol. The van der Waals surface area contributed by atoms with Crippen LogP contribution in [0.5, 0.6) is 5.75 Å². The van der Waals surface area contributed by atoms with Gasteiger partial charge in [0.15, 0.2) is 11.0 Å². The number of carbonyl (C=O) groups is 1. The minimum atomic E-state index is -0.108.